The Balaban J connectivity index is 2.16. The standard InChI is InChI=1S/C18H18N2O/c1-3-4-7-13-10-15-16(12-20-18(15)19-11-13)14-8-5-6-9-17(14)21-2/h4-12H,3H2,1-2H3,(H,19,20)/b7-4+. The lowest BCUT2D eigenvalue weighted by Crippen LogP contribution is -1.87. The zero-order chi connectivity index (χ0) is 14.7. The van der Waals surface area contributed by atoms with Crippen molar-refractivity contribution in [1.82, 2.24) is 9.97 Å². The normalized spacial score (nSPS) is 11.3. The van der Waals surface area contributed by atoms with Gasteiger partial charge in [-0.2, -0.15) is 0 Å². The Hall–Kier alpha value is -2.55. The highest BCUT2D eigenvalue weighted by atomic mass is 16.5. The van der Waals surface area contributed by atoms with Crippen molar-refractivity contribution >= 4 is 17.1 Å². The number of allylic oxidation sites excluding steroid dienone is 1. The number of hydrogen-bond acceptors (Lipinski definition) is 2. The molecule has 3 aromatic rings. The van der Waals surface area contributed by atoms with E-state index < -0.39 is 0 Å². The van der Waals surface area contributed by atoms with Gasteiger partial charge in [0.05, 0.1) is 7.11 Å². The van der Waals surface area contributed by atoms with Crippen molar-refractivity contribution in [3.05, 3.63) is 54.4 Å². The number of aromatic nitrogens is 2. The number of H-pyrrole nitrogens is 1. The summed E-state index contributed by atoms with van der Waals surface area (Å²) in [7, 11) is 1.70. The number of nitrogens with one attached hydrogen (secondary N) is 1. The van der Waals surface area contributed by atoms with Gasteiger partial charge in [0.2, 0.25) is 0 Å². The quantitative estimate of drug-likeness (QED) is 0.753. The molecule has 21 heavy (non-hydrogen) atoms. The average Bonchev–Trinajstić information content (AvgIpc) is 2.95. The number of ether oxygens (including phenoxy) is 1. The van der Waals surface area contributed by atoms with Crippen LogP contribution in [-0.2, 0) is 0 Å². The molecule has 0 saturated carbocycles. The van der Waals surface area contributed by atoms with Gasteiger partial charge in [-0.25, -0.2) is 4.98 Å². The number of benzene rings is 1. The highest BCUT2D eigenvalue weighted by Crippen LogP contribution is 2.34. The second-order valence-electron chi connectivity index (χ2n) is 4.88. The van der Waals surface area contributed by atoms with E-state index in [1.54, 1.807) is 7.11 Å². The summed E-state index contributed by atoms with van der Waals surface area (Å²) in [5, 5.41) is 1.11. The largest absolute Gasteiger partial charge is 0.496 e. The highest BCUT2D eigenvalue weighted by molar-refractivity contribution is 5.96. The van der Waals surface area contributed by atoms with Gasteiger partial charge in [0, 0.05) is 28.9 Å². The first-order valence-electron chi connectivity index (χ1n) is 7.10. The van der Waals surface area contributed by atoms with E-state index >= 15 is 0 Å². The maximum absolute atomic E-state index is 5.46. The lowest BCUT2D eigenvalue weighted by Gasteiger charge is -2.07. The summed E-state index contributed by atoms with van der Waals surface area (Å²) in [6.45, 7) is 2.12. The Labute approximate surface area is 124 Å². The Morgan fingerprint density at radius 3 is 2.90 bits per heavy atom. The minimum Gasteiger partial charge on any atom is -0.496 e. The van der Waals surface area contributed by atoms with E-state index in [-0.39, 0.29) is 0 Å². The van der Waals surface area contributed by atoms with Crippen molar-refractivity contribution in [2.24, 2.45) is 0 Å². The zero-order valence-corrected chi connectivity index (χ0v) is 12.3. The van der Waals surface area contributed by atoms with Crippen LogP contribution in [0.3, 0.4) is 0 Å². The second kappa shape index (κ2) is 5.83. The van der Waals surface area contributed by atoms with E-state index in [1.807, 2.05) is 30.6 Å². The van der Waals surface area contributed by atoms with Crippen LogP contribution >= 0.6 is 0 Å². The van der Waals surface area contributed by atoms with E-state index in [9.17, 15) is 0 Å². The predicted molar refractivity (Wildman–Crippen MR) is 87.4 cm³/mol. The van der Waals surface area contributed by atoms with Gasteiger partial charge >= 0.3 is 0 Å². The highest BCUT2D eigenvalue weighted by Gasteiger charge is 2.11. The van der Waals surface area contributed by atoms with Crippen LogP contribution in [0.4, 0.5) is 0 Å². The van der Waals surface area contributed by atoms with Gasteiger partial charge in [-0.15, -0.1) is 0 Å². The van der Waals surface area contributed by atoms with Crippen LogP contribution in [-0.4, -0.2) is 17.1 Å². The van der Waals surface area contributed by atoms with Crippen molar-refractivity contribution in [2.75, 3.05) is 7.11 Å². The zero-order valence-electron chi connectivity index (χ0n) is 12.3. The third-order valence-corrected chi connectivity index (χ3v) is 3.50. The SMILES string of the molecule is CC/C=C/c1cnc2[nH]cc(-c3ccccc3OC)c2c1. The summed E-state index contributed by atoms with van der Waals surface area (Å²) in [6, 6.07) is 10.2. The molecule has 1 aromatic carbocycles. The molecule has 0 aliphatic heterocycles. The van der Waals surface area contributed by atoms with Crippen LogP contribution in [0.5, 0.6) is 5.75 Å². The molecule has 3 rings (SSSR count). The van der Waals surface area contributed by atoms with Crippen LogP contribution in [0.2, 0.25) is 0 Å². The number of fused-ring (bicyclic) bond motifs is 1. The third kappa shape index (κ3) is 2.55. The van der Waals surface area contributed by atoms with Crippen molar-refractivity contribution < 1.29 is 4.74 Å². The fourth-order valence-corrected chi connectivity index (χ4v) is 2.45. The lowest BCUT2D eigenvalue weighted by molar-refractivity contribution is 0.416. The topological polar surface area (TPSA) is 37.9 Å². The molecule has 0 radical (unpaired) electrons. The summed E-state index contributed by atoms with van der Waals surface area (Å²) in [6.07, 6.45) is 9.13. The molecule has 106 valence electrons. The molecule has 1 N–H and O–H groups in total. The van der Waals surface area contributed by atoms with E-state index in [1.165, 1.54) is 0 Å². The van der Waals surface area contributed by atoms with Gasteiger partial charge in [0.15, 0.2) is 0 Å². The molecule has 2 aromatic heterocycles. The number of pyridine rings is 1. The van der Waals surface area contributed by atoms with Crippen LogP contribution in [0.25, 0.3) is 28.2 Å². The summed E-state index contributed by atoms with van der Waals surface area (Å²) in [4.78, 5) is 7.72. The average molecular weight is 278 g/mol. The van der Waals surface area contributed by atoms with Gasteiger partial charge < -0.3 is 9.72 Å². The molecule has 0 spiro atoms. The minimum absolute atomic E-state index is 0.868. The fourth-order valence-electron chi connectivity index (χ4n) is 2.45. The Morgan fingerprint density at radius 1 is 1.24 bits per heavy atom. The monoisotopic (exact) mass is 278 g/mol. The maximum Gasteiger partial charge on any atom is 0.137 e. The Bertz CT molecular complexity index is 787. The first-order valence-corrected chi connectivity index (χ1v) is 7.10. The minimum atomic E-state index is 0.868. The Morgan fingerprint density at radius 2 is 2.10 bits per heavy atom. The van der Waals surface area contributed by atoms with Crippen LogP contribution in [0, 0.1) is 0 Å². The summed E-state index contributed by atoms with van der Waals surface area (Å²) >= 11 is 0. The molecule has 0 unspecified atom stereocenters. The number of para-hydroxylation sites is 1. The smallest absolute Gasteiger partial charge is 0.137 e. The molecule has 3 nitrogen and oxygen atoms in total. The molecule has 0 fully saturated rings. The van der Waals surface area contributed by atoms with Crippen LogP contribution in [0.1, 0.15) is 18.9 Å². The first-order chi connectivity index (χ1) is 10.3. The van der Waals surface area contributed by atoms with Gasteiger partial charge in [0.25, 0.3) is 0 Å². The van der Waals surface area contributed by atoms with Crippen molar-refractivity contribution in [2.45, 2.75) is 13.3 Å². The Kier molecular flexibility index (Phi) is 3.73. The number of rotatable bonds is 4. The maximum atomic E-state index is 5.46. The van der Waals surface area contributed by atoms with Gasteiger partial charge in [-0.3, -0.25) is 0 Å². The van der Waals surface area contributed by atoms with Gasteiger partial charge in [0.1, 0.15) is 11.4 Å². The van der Waals surface area contributed by atoms with E-state index in [0.717, 1.165) is 39.9 Å². The summed E-state index contributed by atoms with van der Waals surface area (Å²) in [5.41, 5.74) is 4.19. The van der Waals surface area contributed by atoms with Gasteiger partial charge in [-0.05, 0) is 24.1 Å². The van der Waals surface area contributed by atoms with Crippen molar-refractivity contribution in [1.29, 1.82) is 0 Å². The van der Waals surface area contributed by atoms with E-state index in [4.69, 9.17) is 4.74 Å². The first kappa shape index (κ1) is 13.4. The third-order valence-electron chi connectivity index (χ3n) is 3.50. The lowest BCUT2D eigenvalue weighted by atomic mass is 10.0. The number of methoxy groups -OCH3 is 1. The molecule has 2 heterocycles. The molecule has 3 heteroatoms. The number of hydrogen-bond donors (Lipinski definition) is 1. The van der Waals surface area contributed by atoms with Gasteiger partial charge in [-0.1, -0.05) is 37.3 Å². The van der Waals surface area contributed by atoms with Crippen molar-refractivity contribution in [3.8, 4) is 16.9 Å². The van der Waals surface area contributed by atoms with E-state index in [0.29, 0.717) is 0 Å². The number of aromatic amines is 1. The predicted octanol–water partition coefficient (Wildman–Crippen LogP) is 4.66. The molecule has 0 aliphatic carbocycles. The second-order valence-corrected chi connectivity index (χ2v) is 4.88. The van der Waals surface area contributed by atoms with E-state index in [2.05, 4.69) is 41.2 Å². The molecule has 0 atom stereocenters. The fraction of sp³-hybridized carbons (Fsp3) is 0.167. The molecule has 0 aliphatic rings. The van der Waals surface area contributed by atoms with Crippen molar-refractivity contribution in [3.63, 3.8) is 0 Å². The molecular formula is C18H18N2O. The van der Waals surface area contributed by atoms with Crippen LogP contribution < -0.4 is 4.74 Å². The summed E-state index contributed by atoms with van der Waals surface area (Å²) in [5.74, 6) is 0.868. The van der Waals surface area contributed by atoms with Crippen LogP contribution in [0.15, 0.2) is 48.8 Å². The molecular weight excluding hydrogens is 260 g/mol. The number of nitrogens with zero attached hydrogens (tertiary/aromatic N) is 1. The molecule has 0 saturated heterocycles. The molecule has 0 amide bonds. The summed E-state index contributed by atoms with van der Waals surface area (Å²) < 4.78 is 5.46. The molecule has 0 bridgehead atoms.